The molecule has 0 amide bonds. The van der Waals surface area contributed by atoms with Gasteiger partial charge in [0, 0.05) is 17.0 Å². The normalized spacial score (nSPS) is 12.0. The molecule has 3 aromatic rings. The van der Waals surface area contributed by atoms with E-state index in [1.165, 1.54) is 44.9 Å². The van der Waals surface area contributed by atoms with Crippen molar-refractivity contribution in [2.75, 3.05) is 27.4 Å². The number of pyridine rings is 1. The van der Waals surface area contributed by atoms with Gasteiger partial charge in [0.2, 0.25) is 16.4 Å². The number of benzene rings is 2. The van der Waals surface area contributed by atoms with Crippen LogP contribution in [0.1, 0.15) is 82.7 Å². The highest BCUT2D eigenvalue weighted by Crippen LogP contribution is 2.31. The molecule has 0 aliphatic heterocycles. The average Bonchev–Trinajstić information content (AvgIpc) is 2.96. The Hall–Kier alpha value is -2.72. The first-order valence-electron chi connectivity index (χ1n) is 14.2. The summed E-state index contributed by atoms with van der Waals surface area (Å²) >= 11 is 0. The van der Waals surface area contributed by atoms with Crippen molar-refractivity contribution in [1.29, 1.82) is 0 Å². The van der Waals surface area contributed by atoms with E-state index in [1.54, 1.807) is 14.2 Å². The third-order valence-corrected chi connectivity index (χ3v) is 7.20. The molecule has 1 atom stereocenters. The molecule has 0 saturated heterocycles. The molecule has 1 aromatic heterocycles. The van der Waals surface area contributed by atoms with E-state index in [0.717, 1.165) is 29.2 Å². The first kappa shape index (κ1) is 33.5. The average molecular weight is 576 g/mol. The minimum atomic E-state index is -4.48. The van der Waals surface area contributed by atoms with Crippen molar-refractivity contribution >= 4 is 21.2 Å². The maximum atomic E-state index is 10.1. The Morgan fingerprint density at radius 3 is 1.90 bits per heavy atom. The van der Waals surface area contributed by atoms with Gasteiger partial charge in [-0.1, -0.05) is 95.0 Å². The summed E-state index contributed by atoms with van der Waals surface area (Å²) in [6.07, 6.45) is 15.7. The van der Waals surface area contributed by atoms with Gasteiger partial charge in [0.05, 0.1) is 20.8 Å². The molecule has 0 radical (unpaired) electrons. The Balaban J connectivity index is 0.000000296. The quantitative estimate of drug-likeness (QED) is 0.0895. The Morgan fingerprint density at radius 2 is 1.38 bits per heavy atom. The van der Waals surface area contributed by atoms with Gasteiger partial charge in [0.15, 0.2) is 23.9 Å². The molecule has 2 aromatic carbocycles. The molecular weight excluding hydrogens is 530 g/mol. The molecule has 3 rings (SSSR count). The lowest BCUT2D eigenvalue weighted by molar-refractivity contribution is -0.714. The largest absolute Gasteiger partial charge is 0.726 e. The highest BCUT2D eigenvalue weighted by atomic mass is 32.3. The van der Waals surface area contributed by atoms with Crippen molar-refractivity contribution in [3.63, 3.8) is 0 Å². The molecule has 9 heteroatoms. The smallest absolute Gasteiger partial charge is 0.217 e. The highest BCUT2D eigenvalue weighted by molar-refractivity contribution is 7.80. The van der Waals surface area contributed by atoms with Gasteiger partial charge < -0.3 is 19.1 Å². The Kier molecular flexibility index (Phi) is 15.6. The number of aliphatic hydroxyl groups is 1. The Morgan fingerprint density at radius 1 is 0.825 bits per heavy atom. The van der Waals surface area contributed by atoms with Crippen LogP contribution in [0, 0.1) is 0 Å². The van der Waals surface area contributed by atoms with Crippen LogP contribution in [0.3, 0.4) is 0 Å². The number of fused-ring (bicyclic) bond motifs is 1. The fourth-order valence-electron chi connectivity index (χ4n) is 4.53. The number of nitrogens with zero attached hydrogens (tertiary/aromatic N) is 1. The number of ether oxygens (including phenoxy) is 2. The van der Waals surface area contributed by atoms with Gasteiger partial charge in [-0.15, -0.1) is 0 Å². The summed E-state index contributed by atoms with van der Waals surface area (Å²) in [6, 6.07) is 15.8. The lowest BCUT2D eigenvalue weighted by atomic mass is 10.1. The lowest BCUT2D eigenvalue weighted by Crippen LogP contribution is -2.41. The van der Waals surface area contributed by atoms with Crippen LogP contribution in [0.5, 0.6) is 11.5 Å². The van der Waals surface area contributed by atoms with E-state index in [1.807, 2.05) is 65.5 Å². The second kappa shape index (κ2) is 18.6. The number of unbranched alkanes of at least 4 members (excludes halogenated alkanes) is 9. The molecule has 8 nitrogen and oxygen atoms in total. The maximum Gasteiger partial charge on any atom is 0.217 e. The predicted octanol–water partition coefficient (Wildman–Crippen LogP) is 6.11. The fourth-order valence-corrected chi connectivity index (χ4v) is 4.85. The van der Waals surface area contributed by atoms with Crippen molar-refractivity contribution in [2.45, 2.75) is 77.2 Å². The first-order valence-corrected chi connectivity index (χ1v) is 15.5. The third-order valence-electron chi connectivity index (χ3n) is 6.75. The zero-order chi connectivity index (χ0) is 29.2. The van der Waals surface area contributed by atoms with E-state index in [2.05, 4.69) is 11.1 Å². The van der Waals surface area contributed by atoms with Crippen LogP contribution >= 0.6 is 0 Å². The number of rotatable bonds is 17. The minimum Gasteiger partial charge on any atom is -0.726 e. The summed E-state index contributed by atoms with van der Waals surface area (Å²) in [5.41, 5.74) is 1.07. The van der Waals surface area contributed by atoms with Crippen LogP contribution < -0.4 is 14.0 Å². The molecule has 0 aliphatic rings. The van der Waals surface area contributed by atoms with Crippen LogP contribution in [0.15, 0.2) is 60.9 Å². The van der Waals surface area contributed by atoms with E-state index in [9.17, 15) is 18.1 Å². The minimum absolute atomic E-state index is 0.0301. The second-order valence-electron chi connectivity index (χ2n) is 9.75. The summed E-state index contributed by atoms with van der Waals surface area (Å²) in [4.78, 5) is 0. The van der Waals surface area contributed by atoms with Crippen molar-refractivity contribution in [1.82, 2.24) is 0 Å². The van der Waals surface area contributed by atoms with Gasteiger partial charge in [-0.05, 0) is 23.9 Å². The van der Waals surface area contributed by atoms with Gasteiger partial charge >= 0.3 is 0 Å². The highest BCUT2D eigenvalue weighted by Gasteiger charge is 2.20. The second-order valence-corrected chi connectivity index (χ2v) is 10.8. The van der Waals surface area contributed by atoms with Gasteiger partial charge in [-0.2, -0.15) is 4.57 Å². The topological polar surface area (TPSA) is 109 Å². The van der Waals surface area contributed by atoms with Gasteiger partial charge in [0.25, 0.3) is 0 Å². The summed E-state index contributed by atoms with van der Waals surface area (Å²) in [7, 11) is -1.23. The molecule has 0 saturated carbocycles. The molecular formula is C31H45NO7S. The van der Waals surface area contributed by atoms with Gasteiger partial charge in [-0.3, -0.25) is 4.18 Å². The molecule has 0 aliphatic carbocycles. The summed E-state index contributed by atoms with van der Waals surface area (Å²) in [5.74, 6) is 1.40. The standard InChI is InChI=1S/C19H20NO3.C12H26O4S/c1-22-18-10-15-8-9-20(12-16(15)11-19(18)23-2)17(13-21)14-6-4-3-5-7-14;1-2-3-4-5-6-7-8-9-10-11-12-16-17(13,14)15/h3-12,17,21H,13H2,1-2H3;2-12H2,1H3,(H,13,14,15)/q+1;/p-1/t17-;/m0./s1. The summed E-state index contributed by atoms with van der Waals surface area (Å²) in [5, 5.41) is 11.9. The molecule has 40 heavy (non-hydrogen) atoms. The molecule has 1 heterocycles. The number of hydrogen-bond acceptors (Lipinski definition) is 7. The summed E-state index contributed by atoms with van der Waals surface area (Å²) in [6.45, 7) is 2.28. The van der Waals surface area contributed by atoms with E-state index >= 15 is 0 Å². The zero-order valence-electron chi connectivity index (χ0n) is 24.1. The van der Waals surface area contributed by atoms with Crippen molar-refractivity contribution < 1.29 is 36.3 Å². The van der Waals surface area contributed by atoms with E-state index in [-0.39, 0.29) is 19.3 Å². The molecule has 222 valence electrons. The third kappa shape index (κ3) is 12.2. The number of methoxy groups -OCH3 is 2. The summed E-state index contributed by atoms with van der Waals surface area (Å²) < 4.78 is 47.2. The molecule has 0 fully saturated rings. The van der Waals surface area contributed by atoms with Gasteiger partial charge in [0.1, 0.15) is 6.61 Å². The Labute approximate surface area is 239 Å². The van der Waals surface area contributed by atoms with Crippen molar-refractivity contribution in [3.8, 4) is 11.5 Å². The van der Waals surface area contributed by atoms with Crippen molar-refractivity contribution in [3.05, 3.63) is 66.5 Å². The molecule has 0 spiro atoms. The molecule has 0 unspecified atom stereocenters. The van der Waals surface area contributed by atoms with Crippen LogP contribution in [0.25, 0.3) is 10.8 Å². The fraction of sp³-hybridized carbons (Fsp3) is 0.516. The monoisotopic (exact) mass is 575 g/mol. The molecule has 1 N–H and O–H groups in total. The van der Waals surface area contributed by atoms with Crippen LogP contribution in [-0.2, 0) is 14.6 Å². The number of aliphatic hydroxyl groups excluding tert-OH is 1. The molecule has 0 bridgehead atoms. The van der Waals surface area contributed by atoms with Crippen molar-refractivity contribution in [2.24, 2.45) is 0 Å². The van der Waals surface area contributed by atoms with Crippen LogP contribution in [-0.4, -0.2) is 45.5 Å². The maximum absolute atomic E-state index is 10.1. The van der Waals surface area contributed by atoms with Crippen LogP contribution in [0.4, 0.5) is 0 Å². The van der Waals surface area contributed by atoms with E-state index < -0.39 is 10.4 Å². The van der Waals surface area contributed by atoms with E-state index in [4.69, 9.17) is 9.47 Å². The van der Waals surface area contributed by atoms with E-state index in [0.29, 0.717) is 17.9 Å². The first-order chi connectivity index (χ1) is 19.3. The number of hydrogen-bond donors (Lipinski definition) is 1. The number of aromatic nitrogens is 1. The van der Waals surface area contributed by atoms with Crippen LogP contribution in [0.2, 0.25) is 0 Å². The zero-order valence-corrected chi connectivity index (χ0v) is 24.9. The SMILES string of the molecule is CCCCCCCCCCCCOS(=O)(=O)[O-].COc1cc2cc[n+]([C@@H](CO)c3ccccc3)cc2cc1OC. The Bertz CT molecular complexity index is 1220. The van der Waals surface area contributed by atoms with Gasteiger partial charge in [-0.25, -0.2) is 8.42 Å². The predicted molar refractivity (Wildman–Crippen MR) is 156 cm³/mol. The lowest BCUT2D eigenvalue weighted by Gasteiger charge is -2.12.